The number of hydrogen-bond acceptors (Lipinski definition) is 0. The molecule has 0 nitrogen and oxygen atoms in total. The third-order valence-corrected chi connectivity index (χ3v) is 1.91. The lowest BCUT2D eigenvalue weighted by molar-refractivity contribution is 0.867. The smallest absolute Gasteiger partial charge is 0.0149 e. The number of rotatable bonds is 1. The molecule has 0 bridgehead atoms. The fraction of sp³-hybridized carbons (Fsp3) is 0.286. The van der Waals surface area contributed by atoms with Gasteiger partial charge in [-0.05, 0) is 30.2 Å². The van der Waals surface area contributed by atoms with Crippen molar-refractivity contribution < 1.29 is 0 Å². The van der Waals surface area contributed by atoms with Gasteiger partial charge in [0.05, 0.1) is 0 Å². The molecular formula is C14H16. The van der Waals surface area contributed by atoms with Crippen LogP contribution in [0, 0.1) is 24.7 Å². The van der Waals surface area contributed by atoms with Gasteiger partial charge in [0, 0.05) is 5.92 Å². The first-order valence-corrected chi connectivity index (χ1v) is 4.93. The SMILES string of the molecule is Cc1ccccc1/C=C/C#CC(C)C. The van der Waals surface area contributed by atoms with E-state index in [1.54, 1.807) is 0 Å². The zero-order chi connectivity index (χ0) is 10.4. The molecule has 0 saturated carbocycles. The molecule has 0 aromatic heterocycles. The Labute approximate surface area is 86.7 Å². The highest BCUT2D eigenvalue weighted by molar-refractivity contribution is 5.56. The van der Waals surface area contributed by atoms with Crippen molar-refractivity contribution in [3.63, 3.8) is 0 Å². The quantitative estimate of drug-likeness (QED) is 0.584. The highest BCUT2D eigenvalue weighted by atomic mass is 13.9. The summed E-state index contributed by atoms with van der Waals surface area (Å²) in [5, 5.41) is 0. The first-order chi connectivity index (χ1) is 6.70. The van der Waals surface area contributed by atoms with Gasteiger partial charge in [0.2, 0.25) is 0 Å². The Morgan fingerprint density at radius 3 is 2.57 bits per heavy atom. The Hall–Kier alpha value is -1.48. The summed E-state index contributed by atoms with van der Waals surface area (Å²) in [6, 6.07) is 8.30. The minimum atomic E-state index is 0.441. The van der Waals surface area contributed by atoms with Crippen molar-refractivity contribution >= 4 is 6.08 Å². The molecule has 0 N–H and O–H groups in total. The molecule has 0 radical (unpaired) electrons. The molecule has 1 rings (SSSR count). The molecule has 0 unspecified atom stereocenters. The van der Waals surface area contributed by atoms with Crippen LogP contribution >= 0.6 is 0 Å². The van der Waals surface area contributed by atoms with Gasteiger partial charge in [-0.15, -0.1) is 0 Å². The van der Waals surface area contributed by atoms with E-state index in [1.807, 2.05) is 18.2 Å². The number of aryl methyl sites for hydroxylation is 1. The molecule has 0 amide bonds. The normalized spacial score (nSPS) is 10.3. The molecule has 72 valence electrons. The average Bonchev–Trinajstić information content (AvgIpc) is 2.15. The molecule has 0 atom stereocenters. The van der Waals surface area contributed by atoms with Crippen molar-refractivity contribution in [1.29, 1.82) is 0 Å². The molecule has 0 heterocycles. The van der Waals surface area contributed by atoms with E-state index in [4.69, 9.17) is 0 Å². The minimum absolute atomic E-state index is 0.441. The van der Waals surface area contributed by atoms with Gasteiger partial charge in [-0.1, -0.05) is 50.0 Å². The third-order valence-electron chi connectivity index (χ3n) is 1.91. The van der Waals surface area contributed by atoms with Gasteiger partial charge in [-0.25, -0.2) is 0 Å². The summed E-state index contributed by atoms with van der Waals surface area (Å²) in [7, 11) is 0. The minimum Gasteiger partial charge on any atom is -0.0957 e. The van der Waals surface area contributed by atoms with Gasteiger partial charge in [-0.3, -0.25) is 0 Å². The lowest BCUT2D eigenvalue weighted by Crippen LogP contribution is -1.78. The van der Waals surface area contributed by atoms with Crippen LogP contribution in [0.4, 0.5) is 0 Å². The maximum Gasteiger partial charge on any atom is 0.0149 e. The summed E-state index contributed by atoms with van der Waals surface area (Å²) in [6.07, 6.45) is 3.98. The van der Waals surface area contributed by atoms with E-state index >= 15 is 0 Å². The summed E-state index contributed by atoms with van der Waals surface area (Å²) in [5.74, 6) is 6.57. The predicted octanol–water partition coefficient (Wildman–Crippen LogP) is 3.67. The fourth-order valence-corrected chi connectivity index (χ4v) is 1.12. The number of allylic oxidation sites excluding steroid dienone is 1. The van der Waals surface area contributed by atoms with E-state index in [1.165, 1.54) is 11.1 Å². The Kier molecular flexibility index (Phi) is 4.01. The van der Waals surface area contributed by atoms with Crippen molar-refractivity contribution in [1.82, 2.24) is 0 Å². The van der Waals surface area contributed by atoms with E-state index in [9.17, 15) is 0 Å². The van der Waals surface area contributed by atoms with E-state index < -0.39 is 0 Å². The zero-order valence-corrected chi connectivity index (χ0v) is 9.04. The van der Waals surface area contributed by atoms with Crippen molar-refractivity contribution in [2.24, 2.45) is 5.92 Å². The average molecular weight is 184 g/mol. The largest absolute Gasteiger partial charge is 0.0957 e. The second kappa shape index (κ2) is 5.29. The highest BCUT2D eigenvalue weighted by Crippen LogP contribution is 2.08. The molecule has 0 heteroatoms. The highest BCUT2D eigenvalue weighted by Gasteiger charge is 1.88. The Bertz CT molecular complexity index is 373. The van der Waals surface area contributed by atoms with Gasteiger partial charge < -0.3 is 0 Å². The number of benzene rings is 1. The van der Waals surface area contributed by atoms with Crippen LogP contribution in [0.3, 0.4) is 0 Å². The van der Waals surface area contributed by atoms with E-state index in [0.29, 0.717) is 5.92 Å². The van der Waals surface area contributed by atoms with Crippen molar-refractivity contribution in [3.05, 3.63) is 41.5 Å². The standard InChI is InChI=1S/C14H16/c1-12(2)8-4-6-10-14-11-7-5-9-13(14)3/h5-7,9-12H,1-3H3/b10-6+. The second-order valence-electron chi connectivity index (χ2n) is 3.63. The van der Waals surface area contributed by atoms with Gasteiger partial charge >= 0.3 is 0 Å². The Morgan fingerprint density at radius 2 is 1.93 bits per heavy atom. The maximum atomic E-state index is 3.10. The molecule has 0 fully saturated rings. The third kappa shape index (κ3) is 3.49. The van der Waals surface area contributed by atoms with Crippen LogP contribution in [0.25, 0.3) is 6.08 Å². The molecule has 1 aromatic carbocycles. The van der Waals surface area contributed by atoms with Crippen LogP contribution in [0.2, 0.25) is 0 Å². The van der Waals surface area contributed by atoms with E-state index in [0.717, 1.165) is 0 Å². The predicted molar refractivity (Wildman–Crippen MR) is 62.8 cm³/mol. The summed E-state index contributed by atoms with van der Waals surface area (Å²) < 4.78 is 0. The summed E-state index contributed by atoms with van der Waals surface area (Å²) >= 11 is 0. The maximum absolute atomic E-state index is 3.10. The fourth-order valence-electron chi connectivity index (χ4n) is 1.12. The Balaban J connectivity index is 2.71. The Morgan fingerprint density at radius 1 is 1.21 bits per heavy atom. The van der Waals surface area contributed by atoms with Crippen LogP contribution < -0.4 is 0 Å². The summed E-state index contributed by atoms with van der Waals surface area (Å²) in [5.41, 5.74) is 2.53. The lowest BCUT2D eigenvalue weighted by Gasteiger charge is -1.96. The molecule has 1 aromatic rings. The summed E-state index contributed by atoms with van der Waals surface area (Å²) in [4.78, 5) is 0. The van der Waals surface area contributed by atoms with Crippen molar-refractivity contribution in [3.8, 4) is 11.8 Å². The molecule has 0 saturated heterocycles. The molecule has 0 spiro atoms. The van der Waals surface area contributed by atoms with Crippen LogP contribution in [0.5, 0.6) is 0 Å². The van der Waals surface area contributed by atoms with Crippen LogP contribution in [-0.2, 0) is 0 Å². The zero-order valence-electron chi connectivity index (χ0n) is 9.04. The first kappa shape index (κ1) is 10.6. The number of hydrogen-bond donors (Lipinski definition) is 0. The molecule has 14 heavy (non-hydrogen) atoms. The van der Waals surface area contributed by atoms with E-state index in [-0.39, 0.29) is 0 Å². The molecule has 0 aliphatic heterocycles. The van der Waals surface area contributed by atoms with Gasteiger partial charge in [0.15, 0.2) is 0 Å². The van der Waals surface area contributed by atoms with Crippen molar-refractivity contribution in [2.45, 2.75) is 20.8 Å². The molecule has 0 aliphatic carbocycles. The topological polar surface area (TPSA) is 0 Å². The van der Waals surface area contributed by atoms with Crippen LogP contribution in [0.1, 0.15) is 25.0 Å². The first-order valence-electron chi connectivity index (χ1n) is 4.93. The van der Waals surface area contributed by atoms with Gasteiger partial charge in [0.25, 0.3) is 0 Å². The molecular weight excluding hydrogens is 168 g/mol. The monoisotopic (exact) mass is 184 g/mol. The molecule has 0 aliphatic rings. The van der Waals surface area contributed by atoms with Crippen molar-refractivity contribution in [2.75, 3.05) is 0 Å². The van der Waals surface area contributed by atoms with Gasteiger partial charge in [-0.2, -0.15) is 0 Å². The second-order valence-corrected chi connectivity index (χ2v) is 3.63. The van der Waals surface area contributed by atoms with Crippen LogP contribution in [-0.4, -0.2) is 0 Å². The lowest BCUT2D eigenvalue weighted by atomic mass is 10.1. The van der Waals surface area contributed by atoms with E-state index in [2.05, 4.69) is 50.8 Å². The van der Waals surface area contributed by atoms with Crippen LogP contribution in [0.15, 0.2) is 30.3 Å². The van der Waals surface area contributed by atoms with Gasteiger partial charge in [0.1, 0.15) is 0 Å². The summed E-state index contributed by atoms with van der Waals surface area (Å²) in [6.45, 7) is 6.29.